The molecule has 1 saturated heterocycles. The van der Waals surface area contributed by atoms with Crippen molar-refractivity contribution >= 4 is 12.0 Å². The second-order valence-corrected chi connectivity index (χ2v) is 6.69. The van der Waals surface area contributed by atoms with E-state index < -0.39 is 5.97 Å². The molecule has 0 aromatic carbocycles. The summed E-state index contributed by atoms with van der Waals surface area (Å²) in [6.45, 7) is 7.37. The maximum Gasteiger partial charge on any atom is 0.317 e. The summed E-state index contributed by atoms with van der Waals surface area (Å²) in [7, 11) is 0. The second-order valence-electron chi connectivity index (χ2n) is 6.69. The predicted octanol–water partition coefficient (Wildman–Crippen LogP) is 0.791. The first-order valence-electron chi connectivity index (χ1n) is 7.98. The number of nitrogens with one attached hydrogen (secondary N) is 2. The van der Waals surface area contributed by atoms with Crippen LogP contribution in [-0.2, 0) is 9.53 Å². The highest BCUT2D eigenvalue weighted by Gasteiger charge is 2.38. The summed E-state index contributed by atoms with van der Waals surface area (Å²) in [6, 6.07) is 0.242. The lowest BCUT2D eigenvalue weighted by Crippen LogP contribution is -2.58. The number of hydrogen-bond donors (Lipinski definition) is 3. The van der Waals surface area contributed by atoms with Crippen LogP contribution in [0.1, 0.15) is 40.0 Å². The molecule has 126 valence electrons. The van der Waals surface area contributed by atoms with Crippen molar-refractivity contribution in [2.24, 2.45) is 0 Å². The first-order valence-corrected chi connectivity index (χ1v) is 7.98. The third-order valence-electron chi connectivity index (χ3n) is 4.73. The van der Waals surface area contributed by atoms with Crippen molar-refractivity contribution in [2.75, 3.05) is 19.7 Å². The Kier molecular flexibility index (Phi) is 5.28. The van der Waals surface area contributed by atoms with E-state index in [2.05, 4.69) is 10.6 Å². The molecule has 0 aromatic heterocycles. The zero-order valence-corrected chi connectivity index (χ0v) is 13.6. The monoisotopic (exact) mass is 313 g/mol. The lowest BCUT2D eigenvalue weighted by atomic mass is 9.85. The summed E-state index contributed by atoms with van der Waals surface area (Å²) in [5.41, 5.74) is -0.319. The van der Waals surface area contributed by atoms with Gasteiger partial charge in [0.05, 0.1) is 18.2 Å². The summed E-state index contributed by atoms with van der Waals surface area (Å²) < 4.78 is 5.59. The number of carbonyl (C=O) groups excluding carboxylic acids is 1. The van der Waals surface area contributed by atoms with Gasteiger partial charge in [0.1, 0.15) is 0 Å². The third-order valence-corrected chi connectivity index (χ3v) is 4.73. The number of ether oxygens (including phenoxy) is 1. The Balaban J connectivity index is 1.71. The third kappa shape index (κ3) is 4.10. The normalized spacial score (nSPS) is 29.9. The number of rotatable bonds is 6. The van der Waals surface area contributed by atoms with E-state index in [-0.39, 0.29) is 36.3 Å². The molecule has 1 atom stereocenters. The number of likely N-dealkylation sites (N-methyl/N-ethyl adjacent to an activating group) is 1. The van der Waals surface area contributed by atoms with E-state index in [9.17, 15) is 9.59 Å². The van der Waals surface area contributed by atoms with Crippen molar-refractivity contribution in [1.29, 1.82) is 0 Å². The summed E-state index contributed by atoms with van der Waals surface area (Å²) >= 11 is 0. The summed E-state index contributed by atoms with van der Waals surface area (Å²) in [6.07, 6.45) is 2.44. The predicted molar refractivity (Wildman–Crippen MR) is 81.8 cm³/mol. The van der Waals surface area contributed by atoms with Gasteiger partial charge in [0.15, 0.2) is 0 Å². The Morgan fingerprint density at radius 2 is 2.00 bits per heavy atom. The molecule has 0 spiro atoms. The minimum atomic E-state index is -0.806. The Morgan fingerprint density at radius 3 is 2.50 bits per heavy atom. The van der Waals surface area contributed by atoms with Gasteiger partial charge in [-0.1, -0.05) is 6.92 Å². The number of aliphatic carboxylic acids is 1. The van der Waals surface area contributed by atoms with E-state index in [1.165, 1.54) is 0 Å². The zero-order chi connectivity index (χ0) is 16.3. The molecule has 0 bridgehead atoms. The molecule has 2 amide bonds. The van der Waals surface area contributed by atoms with E-state index in [0.717, 1.165) is 19.3 Å². The van der Waals surface area contributed by atoms with Gasteiger partial charge in [0, 0.05) is 18.7 Å². The van der Waals surface area contributed by atoms with E-state index in [0.29, 0.717) is 13.2 Å². The molecule has 2 fully saturated rings. The molecule has 1 saturated carbocycles. The van der Waals surface area contributed by atoms with Crippen LogP contribution in [0.4, 0.5) is 4.79 Å². The highest BCUT2D eigenvalue weighted by Crippen LogP contribution is 2.27. The van der Waals surface area contributed by atoms with E-state index in [1.807, 2.05) is 25.7 Å². The molecule has 7 nitrogen and oxygen atoms in total. The van der Waals surface area contributed by atoms with Gasteiger partial charge in [-0.2, -0.15) is 0 Å². The maximum absolute atomic E-state index is 12.0. The number of carboxylic acids is 1. The van der Waals surface area contributed by atoms with Gasteiger partial charge >= 0.3 is 12.0 Å². The second kappa shape index (κ2) is 6.83. The van der Waals surface area contributed by atoms with Crippen LogP contribution in [0, 0.1) is 0 Å². The Bertz CT molecular complexity index is 421. The van der Waals surface area contributed by atoms with Crippen LogP contribution in [0.2, 0.25) is 0 Å². The zero-order valence-electron chi connectivity index (χ0n) is 13.6. The lowest BCUT2D eigenvalue weighted by Gasteiger charge is -2.42. The minimum absolute atomic E-state index is 0.0301. The lowest BCUT2D eigenvalue weighted by molar-refractivity contribution is -0.139. The van der Waals surface area contributed by atoms with Crippen molar-refractivity contribution in [2.45, 2.75) is 63.8 Å². The standard InChI is InChI=1S/C15H27N3O4/c1-4-18(9-13(19)20)11-7-10(8-11)16-14(21)17-12-5-6-22-15(12,2)3/h10-12H,4-9H2,1-3H3,(H,19,20)(H2,16,17,21). The van der Waals surface area contributed by atoms with Crippen LogP contribution < -0.4 is 10.6 Å². The van der Waals surface area contributed by atoms with Gasteiger partial charge in [-0.15, -0.1) is 0 Å². The molecule has 1 unspecified atom stereocenters. The molecule has 7 heteroatoms. The van der Waals surface area contributed by atoms with Crippen LogP contribution in [-0.4, -0.2) is 65.4 Å². The molecule has 0 radical (unpaired) electrons. The average molecular weight is 313 g/mol. The van der Waals surface area contributed by atoms with Crippen LogP contribution in [0.5, 0.6) is 0 Å². The Hall–Kier alpha value is -1.34. The van der Waals surface area contributed by atoms with Crippen molar-refractivity contribution in [1.82, 2.24) is 15.5 Å². The minimum Gasteiger partial charge on any atom is -0.480 e. The van der Waals surface area contributed by atoms with Gasteiger partial charge in [0.2, 0.25) is 0 Å². The highest BCUT2D eigenvalue weighted by molar-refractivity contribution is 5.75. The summed E-state index contributed by atoms with van der Waals surface area (Å²) in [4.78, 5) is 24.8. The first kappa shape index (κ1) is 17.0. The van der Waals surface area contributed by atoms with Gasteiger partial charge in [-0.3, -0.25) is 9.69 Å². The van der Waals surface area contributed by atoms with Gasteiger partial charge < -0.3 is 20.5 Å². The Labute approximate surface area is 131 Å². The van der Waals surface area contributed by atoms with Gasteiger partial charge in [0.25, 0.3) is 0 Å². The van der Waals surface area contributed by atoms with E-state index >= 15 is 0 Å². The molecule has 1 heterocycles. The van der Waals surface area contributed by atoms with Crippen LogP contribution in [0.3, 0.4) is 0 Å². The van der Waals surface area contributed by atoms with Crippen LogP contribution in [0.15, 0.2) is 0 Å². The fourth-order valence-corrected chi connectivity index (χ4v) is 3.20. The number of nitrogens with zero attached hydrogens (tertiary/aromatic N) is 1. The number of amides is 2. The number of carbonyl (C=O) groups is 2. The summed E-state index contributed by atoms with van der Waals surface area (Å²) in [5.74, 6) is -0.806. The van der Waals surface area contributed by atoms with Crippen molar-refractivity contribution < 1.29 is 19.4 Å². The number of urea groups is 1. The first-order chi connectivity index (χ1) is 10.3. The quantitative estimate of drug-likeness (QED) is 0.674. The largest absolute Gasteiger partial charge is 0.480 e. The fraction of sp³-hybridized carbons (Fsp3) is 0.867. The van der Waals surface area contributed by atoms with E-state index in [1.54, 1.807) is 0 Å². The molecule has 0 aromatic rings. The van der Waals surface area contributed by atoms with Crippen LogP contribution in [0.25, 0.3) is 0 Å². The average Bonchev–Trinajstić information content (AvgIpc) is 2.70. The molecule has 1 aliphatic carbocycles. The highest BCUT2D eigenvalue weighted by atomic mass is 16.5. The Morgan fingerprint density at radius 1 is 1.32 bits per heavy atom. The number of carboxylic acid groups (broad SMARTS) is 1. The molecular weight excluding hydrogens is 286 g/mol. The molecule has 1 aliphatic heterocycles. The summed E-state index contributed by atoms with van der Waals surface area (Å²) in [5, 5.41) is 14.8. The molecule has 2 rings (SSSR count). The van der Waals surface area contributed by atoms with Crippen molar-refractivity contribution in [3.8, 4) is 0 Å². The topological polar surface area (TPSA) is 90.9 Å². The van der Waals surface area contributed by atoms with Gasteiger partial charge in [-0.05, 0) is 39.7 Å². The van der Waals surface area contributed by atoms with Crippen molar-refractivity contribution in [3.63, 3.8) is 0 Å². The fourth-order valence-electron chi connectivity index (χ4n) is 3.20. The maximum atomic E-state index is 12.0. The number of hydrogen-bond acceptors (Lipinski definition) is 4. The molecule has 22 heavy (non-hydrogen) atoms. The molecule has 2 aliphatic rings. The van der Waals surface area contributed by atoms with Gasteiger partial charge in [-0.25, -0.2) is 4.79 Å². The smallest absolute Gasteiger partial charge is 0.317 e. The van der Waals surface area contributed by atoms with Crippen molar-refractivity contribution in [3.05, 3.63) is 0 Å². The van der Waals surface area contributed by atoms with Crippen LogP contribution >= 0.6 is 0 Å². The molecular formula is C15H27N3O4. The van der Waals surface area contributed by atoms with E-state index in [4.69, 9.17) is 9.84 Å². The SMILES string of the molecule is CCN(CC(=O)O)C1CC(NC(=O)NC2CCOC2(C)C)C1. The molecule has 3 N–H and O–H groups in total.